The molecule has 1 aromatic heterocycles. The van der Waals surface area contributed by atoms with Crippen LogP contribution in [-0.4, -0.2) is 55.5 Å². The molecule has 1 atom stereocenters. The fourth-order valence-corrected chi connectivity index (χ4v) is 3.43. The largest absolute Gasteiger partial charge is 0.481 e. The van der Waals surface area contributed by atoms with Crippen LogP contribution < -0.4 is 5.32 Å². The van der Waals surface area contributed by atoms with Gasteiger partial charge in [0.05, 0.1) is 12.5 Å². The fourth-order valence-electron chi connectivity index (χ4n) is 1.80. The number of carbonyl (C=O) groups excluding carboxylic acids is 1. The number of aryl methyl sites for hydroxylation is 1. The highest BCUT2D eigenvalue weighted by Crippen LogP contribution is 2.20. The Hall–Kier alpha value is -1.35. The molecule has 9 heteroatoms. The molecule has 7 nitrogen and oxygen atoms in total. The third-order valence-corrected chi connectivity index (χ3v) is 4.45. The van der Waals surface area contributed by atoms with Crippen molar-refractivity contribution in [1.29, 1.82) is 0 Å². The Morgan fingerprint density at radius 3 is 3.00 bits per heavy atom. The maximum Gasteiger partial charge on any atom is 0.324 e. The van der Waals surface area contributed by atoms with Gasteiger partial charge in [0, 0.05) is 29.6 Å². The van der Waals surface area contributed by atoms with Crippen LogP contribution >= 0.6 is 23.3 Å². The summed E-state index contributed by atoms with van der Waals surface area (Å²) in [5, 5.41) is 12.0. The second-order valence-electron chi connectivity index (χ2n) is 4.10. The van der Waals surface area contributed by atoms with E-state index < -0.39 is 5.97 Å². The lowest BCUT2D eigenvalue weighted by Crippen LogP contribution is -2.48. The summed E-state index contributed by atoms with van der Waals surface area (Å²) in [6.07, 6.45) is -0.0322. The normalized spacial score (nSPS) is 19.2. The van der Waals surface area contributed by atoms with Crippen molar-refractivity contribution in [3.63, 3.8) is 0 Å². The molecule has 0 saturated carbocycles. The minimum atomic E-state index is -0.892. The van der Waals surface area contributed by atoms with Crippen molar-refractivity contribution in [2.45, 2.75) is 19.4 Å². The number of aliphatic carboxylic acids is 1. The number of nitrogens with one attached hydrogen (secondary N) is 1. The number of hydrogen-bond donors (Lipinski definition) is 2. The second kappa shape index (κ2) is 6.20. The molecule has 1 aliphatic heterocycles. The van der Waals surface area contributed by atoms with E-state index in [-0.39, 0.29) is 18.5 Å². The summed E-state index contributed by atoms with van der Waals surface area (Å²) >= 11 is 2.78. The first-order valence-corrected chi connectivity index (χ1v) is 7.66. The zero-order valence-electron chi connectivity index (χ0n) is 10.3. The number of urea groups is 1. The van der Waals surface area contributed by atoms with Gasteiger partial charge < -0.3 is 10.0 Å². The Bertz CT molecular complexity index is 479. The van der Waals surface area contributed by atoms with Gasteiger partial charge in [-0.05, 0) is 6.92 Å². The van der Waals surface area contributed by atoms with Crippen LogP contribution in [0.15, 0.2) is 0 Å². The molecular formula is C10H14N4O3S2. The molecule has 0 radical (unpaired) electrons. The summed E-state index contributed by atoms with van der Waals surface area (Å²) in [5.74, 6) is 1.18. The number of thioether (sulfide) groups is 1. The van der Waals surface area contributed by atoms with Crippen LogP contribution in [0.5, 0.6) is 0 Å². The van der Waals surface area contributed by atoms with Crippen LogP contribution in [0.1, 0.15) is 12.2 Å². The first kappa shape index (κ1) is 14.1. The molecule has 1 saturated heterocycles. The lowest BCUT2D eigenvalue weighted by molar-refractivity contribution is -0.137. The van der Waals surface area contributed by atoms with Crippen LogP contribution in [0.4, 0.5) is 9.93 Å². The van der Waals surface area contributed by atoms with Crippen LogP contribution in [0.2, 0.25) is 0 Å². The minimum Gasteiger partial charge on any atom is -0.481 e. The molecule has 2 N–H and O–H groups in total. The van der Waals surface area contributed by atoms with E-state index in [9.17, 15) is 9.59 Å². The zero-order chi connectivity index (χ0) is 13.8. The Labute approximate surface area is 118 Å². The van der Waals surface area contributed by atoms with Gasteiger partial charge in [-0.15, -0.1) is 0 Å². The number of amides is 2. The van der Waals surface area contributed by atoms with Gasteiger partial charge in [-0.1, -0.05) is 0 Å². The van der Waals surface area contributed by atoms with Crippen LogP contribution in [0.25, 0.3) is 0 Å². The highest BCUT2D eigenvalue weighted by molar-refractivity contribution is 7.99. The maximum atomic E-state index is 12.1. The van der Waals surface area contributed by atoms with E-state index in [1.165, 1.54) is 0 Å². The quantitative estimate of drug-likeness (QED) is 0.873. The molecule has 0 spiro atoms. The first-order valence-electron chi connectivity index (χ1n) is 5.73. The van der Waals surface area contributed by atoms with E-state index in [2.05, 4.69) is 14.7 Å². The van der Waals surface area contributed by atoms with Gasteiger partial charge in [0.15, 0.2) is 0 Å². The second-order valence-corrected chi connectivity index (χ2v) is 6.00. The number of carbonyl (C=O) groups is 2. The van der Waals surface area contributed by atoms with E-state index in [0.717, 1.165) is 17.3 Å². The summed E-state index contributed by atoms with van der Waals surface area (Å²) < 4.78 is 3.98. The zero-order valence-corrected chi connectivity index (χ0v) is 12.0. The Kier molecular flexibility index (Phi) is 4.59. The topological polar surface area (TPSA) is 95.4 Å². The monoisotopic (exact) mass is 302 g/mol. The third kappa shape index (κ3) is 3.80. The SMILES string of the molecule is Cc1nsc(NC(=O)N2CCSCC2CC(=O)O)n1. The maximum absolute atomic E-state index is 12.1. The van der Waals surface area contributed by atoms with Crippen LogP contribution in [0.3, 0.4) is 0 Å². The van der Waals surface area contributed by atoms with Crippen molar-refractivity contribution < 1.29 is 14.7 Å². The summed E-state index contributed by atoms with van der Waals surface area (Å²) in [4.78, 5) is 28.6. The first-order chi connectivity index (χ1) is 9.06. The number of rotatable bonds is 3. The number of nitrogens with zero attached hydrogens (tertiary/aromatic N) is 3. The van der Waals surface area contributed by atoms with E-state index in [1.54, 1.807) is 23.6 Å². The lowest BCUT2D eigenvalue weighted by Gasteiger charge is -2.34. The number of anilines is 1. The molecule has 19 heavy (non-hydrogen) atoms. The van der Waals surface area contributed by atoms with Gasteiger partial charge in [0.25, 0.3) is 0 Å². The average molecular weight is 302 g/mol. The van der Waals surface area contributed by atoms with Gasteiger partial charge in [0.2, 0.25) is 5.13 Å². The molecule has 0 aliphatic carbocycles. The molecule has 2 rings (SSSR count). The summed E-state index contributed by atoms with van der Waals surface area (Å²) in [7, 11) is 0. The fraction of sp³-hybridized carbons (Fsp3) is 0.600. The van der Waals surface area contributed by atoms with Crippen molar-refractivity contribution in [2.24, 2.45) is 0 Å². The van der Waals surface area contributed by atoms with Crippen molar-refractivity contribution in [1.82, 2.24) is 14.3 Å². The molecule has 104 valence electrons. The van der Waals surface area contributed by atoms with Crippen LogP contribution in [0, 0.1) is 6.92 Å². The summed E-state index contributed by atoms with van der Waals surface area (Å²) in [6.45, 7) is 2.29. The Morgan fingerprint density at radius 2 is 2.37 bits per heavy atom. The Morgan fingerprint density at radius 1 is 1.58 bits per heavy atom. The average Bonchev–Trinajstić information content (AvgIpc) is 2.74. The van der Waals surface area contributed by atoms with E-state index in [4.69, 9.17) is 5.11 Å². The standard InChI is InChI=1S/C10H14N4O3S2/c1-6-11-9(19-13-6)12-10(17)14-2-3-18-5-7(14)4-8(15)16/h7H,2-5H2,1H3,(H,15,16)(H,11,12,13,17). The third-order valence-electron chi connectivity index (χ3n) is 2.64. The molecule has 1 fully saturated rings. The van der Waals surface area contributed by atoms with Gasteiger partial charge in [-0.25, -0.2) is 9.78 Å². The molecule has 2 amide bonds. The van der Waals surface area contributed by atoms with Crippen molar-refractivity contribution in [3.05, 3.63) is 5.82 Å². The van der Waals surface area contributed by atoms with E-state index in [1.807, 2.05) is 0 Å². The molecule has 0 aromatic carbocycles. The number of aromatic nitrogens is 2. The van der Waals surface area contributed by atoms with Gasteiger partial charge in [-0.3, -0.25) is 10.1 Å². The van der Waals surface area contributed by atoms with Crippen LogP contribution in [-0.2, 0) is 4.79 Å². The Balaban J connectivity index is 2.00. The van der Waals surface area contributed by atoms with Crippen molar-refractivity contribution in [2.75, 3.05) is 23.4 Å². The molecule has 1 unspecified atom stereocenters. The lowest BCUT2D eigenvalue weighted by atomic mass is 10.2. The van der Waals surface area contributed by atoms with Crippen molar-refractivity contribution >= 4 is 40.4 Å². The number of carboxylic acid groups (broad SMARTS) is 1. The molecule has 2 heterocycles. The van der Waals surface area contributed by atoms with Gasteiger partial charge >= 0.3 is 12.0 Å². The molecule has 0 bridgehead atoms. The predicted octanol–water partition coefficient (Wildman–Crippen LogP) is 1.27. The number of hydrogen-bond acceptors (Lipinski definition) is 6. The molecule has 1 aliphatic rings. The van der Waals surface area contributed by atoms with Gasteiger partial charge in [-0.2, -0.15) is 16.1 Å². The van der Waals surface area contributed by atoms with E-state index >= 15 is 0 Å². The highest BCUT2D eigenvalue weighted by atomic mass is 32.2. The van der Waals surface area contributed by atoms with Gasteiger partial charge in [0.1, 0.15) is 5.82 Å². The highest BCUT2D eigenvalue weighted by Gasteiger charge is 2.29. The summed E-state index contributed by atoms with van der Waals surface area (Å²) in [6, 6.07) is -0.576. The van der Waals surface area contributed by atoms with Crippen molar-refractivity contribution in [3.8, 4) is 0 Å². The minimum absolute atomic E-state index is 0.0322. The summed E-state index contributed by atoms with van der Waals surface area (Å²) in [5.41, 5.74) is 0. The molecule has 1 aromatic rings. The van der Waals surface area contributed by atoms with E-state index in [0.29, 0.717) is 23.3 Å². The molecular weight excluding hydrogens is 288 g/mol. The predicted molar refractivity (Wildman–Crippen MR) is 73.7 cm³/mol. The smallest absolute Gasteiger partial charge is 0.324 e. The number of carboxylic acids is 1.